The predicted molar refractivity (Wildman–Crippen MR) is 430 cm³/mol. The summed E-state index contributed by atoms with van der Waals surface area (Å²) >= 11 is 0. The van der Waals surface area contributed by atoms with Gasteiger partial charge in [0.25, 0.3) is 0 Å². The Kier molecular flexibility index (Phi) is 85.7. The van der Waals surface area contributed by atoms with Crippen LogP contribution in [0.4, 0.5) is 0 Å². The molecule has 1 amide bonds. The Labute approximate surface area is 609 Å². The van der Waals surface area contributed by atoms with Gasteiger partial charge in [0.1, 0.15) is 0 Å². The smallest absolute Gasteiger partial charge is 0.305 e. The summed E-state index contributed by atoms with van der Waals surface area (Å²) in [6.07, 6.45) is 112. The van der Waals surface area contributed by atoms with Crippen LogP contribution in [0.25, 0.3) is 0 Å². The molecule has 0 radical (unpaired) electrons. The highest BCUT2D eigenvalue weighted by atomic mass is 16.5. The molecule has 0 fully saturated rings. The van der Waals surface area contributed by atoms with Gasteiger partial charge in [0, 0.05) is 12.8 Å². The Balaban J connectivity index is 3.30. The van der Waals surface area contributed by atoms with Crippen LogP contribution < -0.4 is 5.32 Å². The van der Waals surface area contributed by atoms with Crippen molar-refractivity contribution in [3.05, 3.63) is 12.2 Å². The molecule has 6 nitrogen and oxygen atoms in total. The standard InChI is InChI=1S/C91H179NO5/c1-3-5-7-9-11-13-15-17-19-21-23-24-25-39-42-45-48-51-55-59-63-67-71-75-79-83-89(94)88(87-93)92-90(95)84-80-76-72-68-64-60-56-52-49-46-43-40-37-35-33-31-29-27-26-28-30-32-34-36-38-41-44-47-50-54-58-62-66-70-74-78-82-86-97-91(96)85-81-77-73-69-65-61-57-53-22-20-18-16-14-12-10-8-6-4-2/h20,22,88-89,93-94H,3-19,21,23-87H2,1-2H3,(H,92,95)/b22-20-. The van der Waals surface area contributed by atoms with E-state index in [9.17, 15) is 19.8 Å². The lowest BCUT2D eigenvalue weighted by Gasteiger charge is -2.22. The predicted octanol–water partition coefficient (Wildman–Crippen LogP) is 30.6. The Hall–Kier alpha value is -1.40. The molecular weight excluding hydrogens is 1190 g/mol. The van der Waals surface area contributed by atoms with E-state index in [2.05, 4.69) is 31.3 Å². The van der Waals surface area contributed by atoms with Crippen molar-refractivity contribution in [3.63, 3.8) is 0 Å². The van der Waals surface area contributed by atoms with Crippen LogP contribution in [0.1, 0.15) is 534 Å². The van der Waals surface area contributed by atoms with Crippen LogP contribution in [0, 0.1) is 0 Å². The molecule has 6 heteroatoms. The SMILES string of the molecule is CCCCCCCCC/C=C\CCCCCCCCCC(=O)OCCCCCCCCCCCCCCCCCCCCCCCCCCCCCCCCCCCCCCCC(=O)NC(CO)C(O)CCCCCCCCCCCCCCCCCCCCCCCCCCC. The number of rotatable bonds is 87. The number of carbonyl (C=O) groups is 2. The van der Waals surface area contributed by atoms with Gasteiger partial charge in [0.15, 0.2) is 0 Å². The van der Waals surface area contributed by atoms with E-state index in [1.54, 1.807) is 0 Å². The molecular formula is C91H179NO5. The van der Waals surface area contributed by atoms with Gasteiger partial charge in [0.2, 0.25) is 5.91 Å². The number of allylic oxidation sites excluding steroid dienone is 2. The fourth-order valence-corrected chi connectivity index (χ4v) is 14.9. The first-order valence-electron chi connectivity index (χ1n) is 45.4. The summed E-state index contributed by atoms with van der Waals surface area (Å²) in [6.45, 7) is 5.02. The highest BCUT2D eigenvalue weighted by Crippen LogP contribution is 2.22. The summed E-state index contributed by atoms with van der Waals surface area (Å²) < 4.78 is 5.52. The third kappa shape index (κ3) is 83.4. The lowest BCUT2D eigenvalue weighted by atomic mass is 10.0. The van der Waals surface area contributed by atoms with Crippen molar-refractivity contribution in [2.75, 3.05) is 13.2 Å². The second-order valence-electron chi connectivity index (χ2n) is 31.6. The zero-order chi connectivity index (χ0) is 69.8. The second-order valence-corrected chi connectivity index (χ2v) is 31.6. The summed E-state index contributed by atoms with van der Waals surface area (Å²) in [7, 11) is 0. The normalized spacial score (nSPS) is 12.4. The van der Waals surface area contributed by atoms with Gasteiger partial charge in [-0.1, -0.05) is 482 Å². The van der Waals surface area contributed by atoms with Gasteiger partial charge in [0.05, 0.1) is 25.4 Å². The molecule has 2 unspecified atom stereocenters. The van der Waals surface area contributed by atoms with E-state index in [4.69, 9.17) is 4.74 Å². The number of hydrogen-bond acceptors (Lipinski definition) is 5. The summed E-state index contributed by atoms with van der Waals surface area (Å²) in [5.41, 5.74) is 0. The Morgan fingerprint density at radius 1 is 0.278 bits per heavy atom. The third-order valence-corrected chi connectivity index (χ3v) is 21.8. The number of aliphatic hydroxyl groups is 2. The van der Waals surface area contributed by atoms with Crippen molar-refractivity contribution in [2.45, 2.75) is 546 Å². The average molecular weight is 1370 g/mol. The molecule has 0 aromatic rings. The zero-order valence-electron chi connectivity index (χ0n) is 66.6. The maximum atomic E-state index is 12.6. The molecule has 578 valence electrons. The number of hydrogen-bond donors (Lipinski definition) is 3. The quantitative estimate of drug-likeness (QED) is 0.0320. The number of carbonyl (C=O) groups excluding carboxylic acids is 2. The van der Waals surface area contributed by atoms with Crippen LogP contribution in [0.15, 0.2) is 12.2 Å². The van der Waals surface area contributed by atoms with Gasteiger partial charge in [-0.05, 0) is 51.4 Å². The van der Waals surface area contributed by atoms with Crippen molar-refractivity contribution in [1.29, 1.82) is 0 Å². The molecule has 0 aliphatic rings. The highest BCUT2D eigenvalue weighted by molar-refractivity contribution is 5.76. The maximum Gasteiger partial charge on any atom is 0.305 e. The Bertz CT molecular complexity index is 1480. The third-order valence-electron chi connectivity index (χ3n) is 21.8. The summed E-state index contributed by atoms with van der Waals surface area (Å²) in [4.78, 5) is 24.7. The van der Waals surface area contributed by atoms with Crippen LogP contribution in [-0.2, 0) is 14.3 Å². The van der Waals surface area contributed by atoms with Crippen molar-refractivity contribution < 1.29 is 24.5 Å². The number of esters is 1. The largest absolute Gasteiger partial charge is 0.466 e. The maximum absolute atomic E-state index is 12.6. The fraction of sp³-hybridized carbons (Fsp3) is 0.956. The summed E-state index contributed by atoms with van der Waals surface area (Å²) in [6, 6.07) is -0.538. The molecule has 97 heavy (non-hydrogen) atoms. The monoisotopic (exact) mass is 1370 g/mol. The zero-order valence-corrected chi connectivity index (χ0v) is 66.6. The van der Waals surface area contributed by atoms with Crippen LogP contribution in [0.5, 0.6) is 0 Å². The molecule has 0 saturated carbocycles. The number of nitrogens with one attached hydrogen (secondary N) is 1. The van der Waals surface area contributed by atoms with E-state index in [0.717, 1.165) is 38.5 Å². The Morgan fingerprint density at radius 2 is 0.485 bits per heavy atom. The molecule has 0 aliphatic heterocycles. The number of aliphatic hydroxyl groups excluding tert-OH is 2. The molecule has 0 spiro atoms. The molecule has 0 aromatic heterocycles. The Morgan fingerprint density at radius 3 is 0.732 bits per heavy atom. The lowest BCUT2D eigenvalue weighted by molar-refractivity contribution is -0.143. The van der Waals surface area contributed by atoms with Gasteiger partial charge in [-0.25, -0.2) is 0 Å². The number of ether oxygens (including phenoxy) is 1. The van der Waals surface area contributed by atoms with Gasteiger partial charge in [-0.15, -0.1) is 0 Å². The van der Waals surface area contributed by atoms with Crippen molar-refractivity contribution >= 4 is 11.9 Å². The lowest BCUT2D eigenvalue weighted by Crippen LogP contribution is -2.45. The highest BCUT2D eigenvalue weighted by Gasteiger charge is 2.20. The molecule has 0 bridgehead atoms. The van der Waals surface area contributed by atoms with E-state index in [1.165, 1.54) is 462 Å². The van der Waals surface area contributed by atoms with E-state index >= 15 is 0 Å². The van der Waals surface area contributed by atoms with Crippen molar-refractivity contribution in [2.24, 2.45) is 0 Å². The fourth-order valence-electron chi connectivity index (χ4n) is 14.9. The second kappa shape index (κ2) is 87.0. The van der Waals surface area contributed by atoms with Gasteiger partial charge in [-0.3, -0.25) is 9.59 Å². The first-order chi connectivity index (χ1) is 48.0. The molecule has 3 N–H and O–H groups in total. The molecule has 0 aromatic carbocycles. The minimum Gasteiger partial charge on any atom is -0.466 e. The number of unbranched alkanes of at least 4 members (excludes halogenated alkanes) is 74. The van der Waals surface area contributed by atoms with E-state index < -0.39 is 12.1 Å². The summed E-state index contributed by atoms with van der Waals surface area (Å²) in [5.74, 6) is -0.0000801. The molecule has 0 heterocycles. The van der Waals surface area contributed by atoms with Crippen LogP contribution in [0.2, 0.25) is 0 Å². The van der Waals surface area contributed by atoms with Gasteiger partial charge >= 0.3 is 5.97 Å². The van der Waals surface area contributed by atoms with Crippen LogP contribution in [-0.4, -0.2) is 47.4 Å². The molecule has 0 rings (SSSR count). The van der Waals surface area contributed by atoms with Crippen molar-refractivity contribution in [1.82, 2.24) is 5.32 Å². The topological polar surface area (TPSA) is 95.9 Å². The van der Waals surface area contributed by atoms with E-state index in [-0.39, 0.29) is 18.5 Å². The first-order valence-corrected chi connectivity index (χ1v) is 45.4. The first kappa shape index (κ1) is 95.6. The molecule has 0 saturated heterocycles. The minimum atomic E-state index is -0.662. The van der Waals surface area contributed by atoms with E-state index in [1.807, 2.05) is 0 Å². The molecule has 0 aliphatic carbocycles. The van der Waals surface area contributed by atoms with Crippen molar-refractivity contribution in [3.8, 4) is 0 Å². The minimum absolute atomic E-state index is 0.0221. The number of amides is 1. The summed E-state index contributed by atoms with van der Waals surface area (Å²) in [5, 5.41) is 23.5. The van der Waals surface area contributed by atoms with Crippen LogP contribution in [0.3, 0.4) is 0 Å². The average Bonchev–Trinajstić information content (AvgIpc) is 3.68. The molecule has 2 atom stereocenters. The van der Waals surface area contributed by atoms with Gasteiger partial charge in [-0.2, -0.15) is 0 Å². The van der Waals surface area contributed by atoms with E-state index in [0.29, 0.717) is 25.9 Å². The van der Waals surface area contributed by atoms with Crippen LogP contribution >= 0.6 is 0 Å². The van der Waals surface area contributed by atoms with Gasteiger partial charge < -0.3 is 20.3 Å².